The fourth-order valence-electron chi connectivity index (χ4n) is 3.71. The molecule has 0 aliphatic rings. The molecule has 0 saturated heterocycles. The van der Waals surface area contributed by atoms with Gasteiger partial charge in [0, 0.05) is 25.9 Å². The van der Waals surface area contributed by atoms with Gasteiger partial charge in [0.1, 0.15) is 5.82 Å². The number of carbonyl (C=O) groups excluding carboxylic acids is 1. The van der Waals surface area contributed by atoms with E-state index in [0.29, 0.717) is 13.0 Å². The van der Waals surface area contributed by atoms with Crippen LogP contribution in [0.5, 0.6) is 0 Å². The molecule has 0 aliphatic carbocycles. The number of hydrogen-bond acceptors (Lipinski definition) is 2. The summed E-state index contributed by atoms with van der Waals surface area (Å²) < 4.78 is 2.33. The van der Waals surface area contributed by atoms with Gasteiger partial charge in [0.05, 0.1) is 11.0 Å². The number of benzene rings is 2. The molecule has 1 aromatic heterocycles. The van der Waals surface area contributed by atoms with Crippen LogP contribution in [0.3, 0.4) is 0 Å². The maximum Gasteiger partial charge on any atom is 0.219 e. The summed E-state index contributed by atoms with van der Waals surface area (Å²) in [7, 11) is 0. The third-order valence-electron chi connectivity index (χ3n) is 5.11. The lowest BCUT2D eigenvalue weighted by Gasteiger charge is -2.15. The number of aryl methyl sites for hydroxylation is 4. The maximum absolute atomic E-state index is 11.4. The summed E-state index contributed by atoms with van der Waals surface area (Å²) in [5.74, 6) is 1.19. The minimum Gasteiger partial charge on any atom is -0.356 e. The van der Waals surface area contributed by atoms with Crippen LogP contribution in [0.1, 0.15) is 47.8 Å². The maximum atomic E-state index is 11.4. The van der Waals surface area contributed by atoms with Crippen molar-refractivity contribution in [3.63, 3.8) is 0 Å². The fraction of sp³-hybridized carbons (Fsp3) is 0.391. The van der Waals surface area contributed by atoms with Crippen LogP contribution in [0.4, 0.5) is 0 Å². The Kier molecular flexibility index (Phi) is 5.94. The van der Waals surface area contributed by atoms with Crippen LogP contribution in [-0.2, 0) is 17.8 Å². The van der Waals surface area contributed by atoms with Crippen LogP contribution in [0.15, 0.2) is 36.4 Å². The van der Waals surface area contributed by atoms with Crippen molar-refractivity contribution in [3.05, 3.63) is 64.5 Å². The number of aromatic nitrogens is 2. The second kappa shape index (κ2) is 8.38. The molecule has 0 atom stereocenters. The zero-order valence-electron chi connectivity index (χ0n) is 16.8. The Labute approximate surface area is 161 Å². The highest BCUT2D eigenvalue weighted by molar-refractivity contribution is 5.76. The SMILES string of the molecule is CCC(=O)NCCCc1nc2ccccc2n1Cc1c(C)cc(C)cc1C. The summed E-state index contributed by atoms with van der Waals surface area (Å²) in [5.41, 5.74) is 7.52. The van der Waals surface area contributed by atoms with Crippen LogP contribution in [0.25, 0.3) is 11.0 Å². The van der Waals surface area contributed by atoms with Crippen molar-refractivity contribution in [3.8, 4) is 0 Å². The van der Waals surface area contributed by atoms with Crippen LogP contribution in [0.2, 0.25) is 0 Å². The van der Waals surface area contributed by atoms with Crippen molar-refractivity contribution in [1.29, 1.82) is 0 Å². The summed E-state index contributed by atoms with van der Waals surface area (Å²) in [6.07, 6.45) is 2.27. The minimum absolute atomic E-state index is 0.106. The van der Waals surface area contributed by atoms with Crippen LogP contribution < -0.4 is 5.32 Å². The highest BCUT2D eigenvalue weighted by Crippen LogP contribution is 2.23. The molecule has 0 radical (unpaired) electrons. The zero-order chi connectivity index (χ0) is 19.4. The molecule has 2 aromatic carbocycles. The Morgan fingerprint density at radius 2 is 1.81 bits per heavy atom. The van der Waals surface area contributed by atoms with E-state index < -0.39 is 0 Å². The molecule has 1 amide bonds. The second-order valence-corrected chi connectivity index (χ2v) is 7.29. The van der Waals surface area contributed by atoms with Gasteiger partial charge in [-0.1, -0.05) is 36.8 Å². The third kappa shape index (κ3) is 4.38. The highest BCUT2D eigenvalue weighted by Gasteiger charge is 2.13. The Bertz CT molecular complexity index is 932. The number of para-hydroxylation sites is 2. The second-order valence-electron chi connectivity index (χ2n) is 7.29. The molecule has 0 aliphatic heterocycles. The van der Waals surface area contributed by atoms with Gasteiger partial charge in [-0.05, 0) is 56.0 Å². The van der Waals surface area contributed by atoms with Crippen molar-refractivity contribution in [2.24, 2.45) is 0 Å². The van der Waals surface area contributed by atoms with E-state index >= 15 is 0 Å². The van der Waals surface area contributed by atoms with Gasteiger partial charge in [0.2, 0.25) is 5.91 Å². The first-order valence-corrected chi connectivity index (χ1v) is 9.77. The number of nitrogens with zero attached hydrogens (tertiary/aromatic N) is 2. The molecular formula is C23H29N3O. The molecule has 0 unspecified atom stereocenters. The third-order valence-corrected chi connectivity index (χ3v) is 5.11. The van der Waals surface area contributed by atoms with E-state index in [1.165, 1.54) is 27.8 Å². The molecule has 0 bridgehead atoms. The normalized spacial score (nSPS) is 11.1. The van der Waals surface area contributed by atoms with Crippen molar-refractivity contribution >= 4 is 16.9 Å². The molecule has 1 N–H and O–H groups in total. The number of imidazole rings is 1. The number of fused-ring (bicyclic) bond motifs is 1. The molecular weight excluding hydrogens is 334 g/mol. The van der Waals surface area contributed by atoms with Crippen LogP contribution in [0, 0.1) is 20.8 Å². The van der Waals surface area contributed by atoms with Crippen molar-refractivity contribution in [1.82, 2.24) is 14.9 Å². The molecule has 4 nitrogen and oxygen atoms in total. The van der Waals surface area contributed by atoms with E-state index in [-0.39, 0.29) is 5.91 Å². The van der Waals surface area contributed by atoms with E-state index in [9.17, 15) is 4.79 Å². The Hall–Kier alpha value is -2.62. The van der Waals surface area contributed by atoms with E-state index in [1.54, 1.807) is 0 Å². The Morgan fingerprint density at radius 3 is 2.52 bits per heavy atom. The smallest absolute Gasteiger partial charge is 0.219 e. The fourth-order valence-corrected chi connectivity index (χ4v) is 3.71. The minimum atomic E-state index is 0.106. The topological polar surface area (TPSA) is 46.9 Å². The lowest BCUT2D eigenvalue weighted by atomic mass is 9.99. The highest BCUT2D eigenvalue weighted by atomic mass is 16.1. The molecule has 0 fully saturated rings. The van der Waals surface area contributed by atoms with Gasteiger partial charge in [0.25, 0.3) is 0 Å². The lowest BCUT2D eigenvalue weighted by Crippen LogP contribution is -2.23. The average molecular weight is 364 g/mol. The van der Waals surface area contributed by atoms with Gasteiger partial charge in [0.15, 0.2) is 0 Å². The number of hydrogen-bond donors (Lipinski definition) is 1. The lowest BCUT2D eigenvalue weighted by molar-refractivity contribution is -0.120. The number of rotatable bonds is 7. The summed E-state index contributed by atoms with van der Waals surface area (Å²) >= 11 is 0. The summed E-state index contributed by atoms with van der Waals surface area (Å²) in [6.45, 7) is 9.92. The molecule has 4 heteroatoms. The largest absolute Gasteiger partial charge is 0.356 e. The molecule has 1 heterocycles. The first kappa shape index (κ1) is 19.2. The average Bonchev–Trinajstić information content (AvgIpc) is 2.99. The van der Waals surface area contributed by atoms with Gasteiger partial charge < -0.3 is 9.88 Å². The van der Waals surface area contributed by atoms with E-state index in [2.05, 4.69) is 61.0 Å². The van der Waals surface area contributed by atoms with Crippen molar-refractivity contribution in [2.45, 2.75) is 53.5 Å². The van der Waals surface area contributed by atoms with Gasteiger partial charge in [-0.2, -0.15) is 0 Å². The molecule has 0 saturated carbocycles. The van der Waals surface area contributed by atoms with Gasteiger partial charge in [-0.3, -0.25) is 4.79 Å². The first-order chi connectivity index (χ1) is 13.0. The quantitative estimate of drug-likeness (QED) is 0.630. The van der Waals surface area contributed by atoms with Gasteiger partial charge in [-0.25, -0.2) is 4.98 Å². The molecule has 3 rings (SSSR count). The Morgan fingerprint density at radius 1 is 1.11 bits per heavy atom. The monoisotopic (exact) mass is 363 g/mol. The predicted octanol–water partition coefficient (Wildman–Crippen LogP) is 4.47. The van der Waals surface area contributed by atoms with Crippen molar-refractivity contribution < 1.29 is 4.79 Å². The van der Waals surface area contributed by atoms with Crippen LogP contribution in [-0.4, -0.2) is 22.0 Å². The number of nitrogens with one attached hydrogen (secondary N) is 1. The van der Waals surface area contributed by atoms with Crippen molar-refractivity contribution in [2.75, 3.05) is 6.54 Å². The molecule has 27 heavy (non-hydrogen) atoms. The van der Waals surface area contributed by atoms with E-state index in [4.69, 9.17) is 4.98 Å². The summed E-state index contributed by atoms with van der Waals surface area (Å²) in [5, 5.41) is 2.95. The summed E-state index contributed by atoms with van der Waals surface area (Å²) in [6, 6.07) is 12.8. The number of carbonyl (C=O) groups is 1. The first-order valence-electron chi connectivity index (χ1n) is 9.77. The van der Waals surface area contributed by atoms with Gasteiger partial charge in [-0.15, -0.1) is 0 Å². The van der Waals surface area contributed by atoms with E-state index in [1.807, 2.05) is 13.0 Å². The number of amides is 1. The molecule has 3 aromatic rings. The summed E-state index contributed by atoms with van der Waals surface area (Å²) in [4.78, 5) is 16.3. The predicted molar refractivity (Wildman–Crippen MR) is 111 cm³/mol. The standard InChI is InChI=1S/C23H29N3O/c1-5-23(27)24-12-8-11-22-25-20-9-6-7-10-21(20)26(22)15-19-17(3)13-16(2)14-18(19)4/h6-7,9-10,13-14H,5,8,11-12,15H2,1-4H3,(H,24,27). The zero-order valence-corrected chi connectivity index (χ0v) is 16.8. The van der Waals surface area contributed by atoms with Crippen LogP contribution >= 0.6 is 0 Å². The van der Waals surface area contributed by atoms with Gasteiger partial charge >= 0.3 is 0 Å². The van der Waals surface area contributed by atoms with E-state index in [0.717, 1.165) is 30.7 Å². The molecule has 142 valence electrons. The molecule has 0 spiro atoms. The Balaban J connectivity index is 1.88.